The summed E-state index contributed by atoms with van der Waals surface area (Å²) in [4.78, 5) is 12.2. The molecule has 8 nitrogen and oxygen atoms in total. The number of piperidine rings is 1. The highest BCUT2D eigenvalue weighted by atomic mass is 32.2. The third-order valence-corrected chi connectivity index (χ3v) is 4.88. The van der Waals surface area contributed by atoms with Crippen molar-refractivity contribution < 1.29 is 31.1 Å². The third-order valence-electron chi connectivity index (χ3n) is 3.61. The molecule has 1 amide bonds. The molecule has 0 saturated carbocycles. The standard InChI is InChI=1S/C13H19F3N4O4S/c1-25(22,23)20-4-2-3-10(6-20)12(21)18-11-5-17-19(7-11)9-24-8-13(14,15)16/h5,7,10H,2-4,6,8-9H2,1H3,(H,18,21). The fourth-order valence-electron chi connectivity index (χ4n) is 2.46. The van der Waals surface area contributed by atoms with E-state index in [9.17, 15) is 26.4 Å². The van der Waals surface area contributed by atoms with Crippen LogP contribution in [0.1, 0.15) is 12.8 Å². The van der Waals surface area contributed by atoms with Crippen LogP contribution < -0.4 is 5.32 Å². The van der Waals surface area contributed by atoms with Crippen LogP contribution in [0, 0.1) is 5.92 Å². The van der Waals surface area contributed by atoms with Gasteiger partial charge in [-0.05, 0) is 12.8 Å². The van der Waals surface area contributed by atoms with Gasteiger partial charge in [0.05, 0.1) is 30.3 Å². The van der Waals surface area contributed by atoms with Gasteiger partial charge in [-0.2, -0.15) is 18.3 Å². The Morgan fingerprint density at radius 2 is 2.20 bits per heavy atom. The fraction of sp³-hybridized carbons (Fsp3) is 0.692. The zero-order valence-electron chi connectivity index (χ0n) is 13.5. The molecule has 1 atom stereocenters. The molecule has 0 aliphatic carbocycles. The molecular weight excluding hydrogens is 365 g/mol. The van der Waals surface area contributed by atoms with Crippen LogP contribution in [0.5, 0.6) is 0 Å². The zero-order chi connectivity index (χ0) is 18.7. The predicted octanol–water partition coefficient (Wildman–Crippen LogP) is 1.03. The van der Waals surface area contributed by atoms with Gasteiger partial charge in [0.1, 0.15) is 13.3 Å². The van der Waals surface area contributed by atoms with Gasteiger partial charge in [0, 0.05) is 13.1 Å². The number of alkyl halides is 3. The summed E-state index contributed by atoms with van der Waals surface area (Å²) in [5.41, 5.74) is 0.303. The summed E-state index contributed by atoms with van der Waals surface area (Å²) in [7, 11) is -3.35. The SMILES string of the molecule is CS(=O)(=O)N1CCCC(C(=O)Nc2cnn(COCC(F)(F)F)c2)C1. The van der Waals surface area contributed by atoms with Crippen molar-refractivity contribution in [3.05, 3.63) is 12.4 Å². The van der Waals surface area contributed by atoms with Crippen molar-refractivity contribution in [2.45, 2.75) is 25.7 Å². The van der Waals surface area contributed by atoms with Gasteiger partial charge in [0.15, 0.2) is 0 Å². The number of anilines is 1. The van der Waals surface area contributed by atoms with Crippen LogP contribution in [0.15, 0.2) is 12.4 Å². The Bertz CT molecular complexity index is 704. The molecule has 0 bridgehead atoms. The number of aromatic nitrogens is 2. The molecule has 1 N–H and O–H groups in total. The lowest BCUT2D eigenvalue weighted by molar-refractivity contribution is -0.182. The Labute approximate surface area is 143 Å². The van der Waals surface area contributed by atoms with Crippen molar-refractivity contribution in [2.24, 2.45) is 5.92 Å². The Balaban J connectivity index is 1.86. The maximum atomic E-state index is 12.2. The number of nitrogens with zero attached hydrogens (tertiary/aromatic N) is 3. The normalized spacial score (nSPS) is 19.8. The first-order valence-electron chi connectivity index (χ1n) is 7.47. The monoisotopic (exact) mass is 384 g/mol. The Morgan fingerprint density at radius 3 is 2.84 bits per heavy atom. The first kappa shape index (κ1) is 19.7. The van der Waals surface area contributed by atoms with Gasteiger partial charge in [-0.1, -0.05) is 0 Å². The Morgan fingerprint density at radius 1 is 1.48 bits per heavy atom. The molecule has 12 heteroatoms. The molecule has 1 unspecified atom stereocenters. The lowest BCUT2D eigenvalue weighted by Crippen LogP contribution is -2.43. The number of ether oxygens (including phenoxy) is 1. The van der Waals surface area contributed by atoms with Crippen LogP contribution in [0.3, 0.4) is 0 Å². The van der Waals surface area contributed by atoms with E-state index in [1.165, 1.54) is 16.7 Å². The van der Waals surface area contributed by atoms with Crippen LogP contribution in [0.25, 0.3) is 0 Å². The maximum absolute atomic E-state index is 12.2. The average molecular weight is 384 g/mol. The van der Waals surface area contributed by atoms with E-state index in [0.717, 1.165) is 10.9 Å². The van der Waals surface area contributed by atoms with Crippen LogP contribution in [-0.2, 0) is 26.3 Å². The van der Waals surface area contributed by atoms with Gasteiger partial charge in [-0.3, -0.25) is 4.79 Å². The van der Waals surface area contributed by atoms with Gasteiger partial charge < -0.3 is 10.1 Å². The molecule has 142 valence electrons. The lowest BCUT2D eigenvalue weighted by Gasteiger charge is -2.29. The first-order chi connectivity index (χ1) is 11.5. The molecule has 1 aliphatic rings. The number of sulfonamides is 1. The van der Waals surface area contributed by atoms with Crippen LogP contribution in [0.2, 0.25) is 0 Å². The van der Waals surface area contributed by atoms with Gasteiger partial charge in [0.2, 0.25) is 15.9 Å². The number of nitrogens with one attached hydrogen (secondary N) is 1. The van der Waals surface area contributed by atoms with E-state index < -0.39 is 35.5 Å². The minimum Gasteiger partial charge on any atom is -0.350 e. The molecule has 25 heavy (non-hydrogen) atoms. The summed E-state index contributed by atoms with van der Waals surface area (Å²) in [6.45, 7) is -1.30. The molecule has 0 spiro atoms. The number of carbonyl (C=O) groups is 1. The Kier molecular flexibility index (Phi) is 6.06. The molecule has 1 saturated heterocycles. The second-order valence-corrected chi connectivity index (χ2v) is 7.79. The van der Waals surface area contributed by atoms with Gasteiger partial charge in [-0.25, -0.2) is 17.4 Å². The predicted molar refractivity (Wildman–Crippen MR) is 82.0 cm³/mol. The molecule has 2 heterocycles. The molecular formula is C13H19F3N4O4S. The number of amides is 1. The average Bonchev–Trinajstić information content (AvgIpc) is 2.92. The van der Waals surface area contributed by atoms with Crippen molar-refractivity contribution in [3.63, 3.8) is 0 Å². The molecule has 0 aromatic carbocycles. The third kappa shape index (κ3) is 6.29. The maximum Gasteiger partial charge on any atom is 0.411 e. The van der Waals surface area contributed by atoms with Crippen molar-refractivity contribution in [3.8, 4) is 0 Å². The second kappa shape index (κ2) is 7.70. The van der Waals surface area contributed by atoms with Crippen molar-refractivity contribution >= 4 is 21.6 Å². The number of hydrogen-bond donors (Lipinski definition) is 1. The van der Waals surface area contributed by atoms with Crippen LogP contribution >= 0.6 is 0 Å². The van der Waals surface area contributed by atoms with Crippen molar-refractivity contribution in [2.75, 3.05) is 31.3 Å². The number of hydrogen-bond acceptors (Lipinski definition) is 5. The molecule has 1 aromatic heterocycles. The highest BCUT2D eigenvalue weighted by molar-refractivity contribution is 7.88. The minimum atomic E-state index is -4.42. The summed E-state index contributed by atoms with van der Waals surface area (Å²) >= 11 is 0. The van der Waals surface area contributed by atoms with E-state index in [1.54, 1.807) is 0 Å². The number of halogens is 3. The summed E-state index contributed by atoms with van der Waals surface area (Å²) < 4.78 is 66.0. The van der Waals surface area contributed by atoms with Crippen molar-refractivity contribution in [1.82, 2.24) is 14.1 Å². The van der Waals surface area contributed by atoms with E-state index in [0.29, 0.717) is 25.1 Å². The Hall–Kier alpha value is -1.66. The fourth-order valence-corrected chi connectivity index (χ4v) is 3.37. The highest BCUT2D eigenvalue weighted by Crippen LogP contribution is 2.20. The minimum absolute atomic E-state index is 0.105. The summed E-state index contributed by atoms with van der Waals surface area (Å²) in [6, 6.07) is 0. The topological polar surface area (TPSA) is 93.5 Å². The summed E-state index contributed by atoms with van der Waals surface area (Å²) in [5, 5.41) is 6.38. The van der Waals surface area contributed by atoms with E-state index in [2.05, 4.69) is 15.2 Å². The van der Waals surface area contributed by atoms with Gasteiger partial charge in [0.25, 0.3) is 0 Å². The molecule has 2 rings (SSSR count). The first-order valence-corrected chi connectivity index (χ1v) is 9.32. The largest absolute Gasteiger partial charge is 0.411 e. The molecule has 0 radical (unpaired) electrons. The van der Waals surface area contributed by atoms with E-state index >= 15 is 0 Å². The van der Waals surface area contributed by atoms with Crippen LogP contribution in [-0.4, -0.2) is 60.5 Å². The van der Waals surface area contributed by atoms with Gasteiger partial charge >= 0.3 is 6.18 Å². The van der Waals surface area contributed by atoms with E-state index in [-0.39, 0.29) is 12.5 Å². The second-order valence-electron chi connectivity index (χ2n) is 5.81. The highest BCUT2D eigenvalue weighted by Gasteiger charge is 2.30. The van der Waals surface area contributed by atoms with Crippen LogP contribution in [0.4, 0.5) is 18.9 Å². The zero-order valence-corrected chi connectivity index (χ0v) is 14.3. The van der Waals surface area contributed by atoms with Gasteiger partial charge in [-0.15, -0.1) is 0 Å². The van der Waals surface area contributed by atoms with Crippen molar-refractivity contribution in [1.29, 1.82) is 0 Å². The summed E-state index contributed by atoms with van der Waals surface area (Å²) in [6.07, 6.45) is 0.433. The molecule has 1 aromatic rings. The molecule has 1 aliphatic heterocycles. The summed E-state index contributed by atoms with van der Waals surface area (Å²) in [5.74, 6) is -0.850. The quantitative estimate of drug-likeness (QED) is 0.791. The molecule has 1 fully saturated rings. The van der Waals surface area contributed by atoms with E-state index in [4.69, 9.17) is 0 Å². The van der Waals surface area contributed by atoms with E-state index in [1.807, 2.05) is 0 Å². The number of carbonyl (C=O) groups excluding carboxylic acids is 1. The number of rotatable bonds is 6. The lowest BCUT2D eigenvalue weighted by atomic mass is 9.99. The smallest absolute Gasteiger partial charge is 0.350 e.